The van der Waals surface area contributed by atoms with Crippen LogP contribution in [0.3, 0.4) is 0 Å². The van der Waals surface area contributed by atoms with E-state index >= 15 is 0 Å². The van der Waals surface area contributed by atoms with Crippen LogP contribution < -0.4 is 10.3 Å². The number of aromatic nitrogens is 3. The summed E-state index contributed by atoms with van der Waals surface area (Å²) in [6.45, 7) is 1.81. The summed E-state index contributed by atoms with van der Waals surface area (Å²) < 4.78 is 6.56. The lowest BCUT2D eigenvalue weighted by Gasteiger charge is -2.00. The van der Waals surface area contributed by atoms with Crippen LogP contribution in [0.1, 0.15) is 5.69 Å². The zero-order valence-electron chi connectivity index (χ0n) is 10.7. The highest BCUT2D eigenvalue weighted by molar-refractivity contribution is 5.64. The van der Waals surface area contributed by atoms with Gasteiger partial charge in [-0.2, -0.15) is 0 Å². The second kappa shape index (κ2) is 4.28. The van der Waals surface area contributed by atoms with Crippen LogP contribution in [0.25, 0.3) is 16.9 Å². The second-order valence-corrected chi connectivity index (χ2v) is 4.33. The molecule has 0 saturated carbocycles. The molecule has 5 heteroatoms. The Morgan fingerprint density at radius 1 is 1.21 bits per heavy atom. The predicted octanol–water partition coefficient (Wildman–Crippen LogP) is 2.01. The fourth-order valence-corrected chi connectivity index (χ4v) is 2.03. The molecule has 0 fully saturated rings. The first kappa shape index (κ1) is 11.5. The number of aryl methyl sites for hydroxylation is 1. The number of fused-ring (bicyclic) bond motifs is 1. The maximum atomic E-state index is 11.8. The third-order valence-corrected chi connectivity index (χ3v) is 2.98. The highest BCUT2D eigenvalue weighted by atomic mass is 16.5. The Morgan fingerprint density at radius 2 is 1.95 bits per heavy atom. The van der Waals surface area contributed by atoms with Gasteiger partial charge in [-0.25, -0.2) is 9.50 Å². The first-order chi connectivity index (χ1) is 9.17. The molecule has 2 aromatic heterocycles. The van der Waals surface area contributed by atoms with E-state index in [9.17, 15) is 4.79 Å². The lowest BCUT2D eigenvalue weighted by Crippen LogP contribution is -2.14. The van der Waals surface area contributed by atoms with Crippen LogP contribution in [0.15, 0.2) is 41.2 Å². The quantitative estimate of drug-likeness (QED) is 0.762. The molecule has 0 radical (unpaired) electrons. The van der Waals surface area contributed by atoms with E-state index in [1.165, 1.54) is 10.6 Å². The van der Waals surface area contributed by atoms with Gasteiger partial charge >= 0.3 is 0 Å². The zero-order chi connectivity index (χ0) is 13.4. The SMILES string of the molecule is COc1ccc(-c2cc3nc(C)cc(=O)n3[nH]2)cc1. The summed E-state index contributed by atoms with van der Waals surface area (Å²) in [6.07, 6.45) is 0. The Morgan fingerprint density at radius 3 is 2.63 bits per heavy atom. The number of rotatable bonds is 2. The van der Waals surface area contributed by atoms with E-state index < -0.39 is 0 Å². The first-order valence-corrected chi connectivity index (χ1v) is 5.91. The fraction of sp³-hybridized carbons (Fsp3) is 0.143. The monoisotopic (exact) mass is 255 g/mol. The van der Waals surface area contributed by atoms with Gasteiger partial charge in [0.2, 0.25) is 0 Å². The maximum Gasteiger partial charge on any atom is 0.272 e. The van der Waals surface area contributed by atoms with Crippen LogP contribution in [0.2, 0.25) is 0 Å². The molecule has 19 heavy (non-hydrogen) atoms. The van der Waals surface area contributed by atoms with Crippen LogP contribution in [0.5, 0.6) is 5.75 Å². The largest absolute Gasteiger partial charge is 0.497 e. The minimum atomic E-state index is -0.109. The van der Waals surface area contributed by atoms with Gasteiger partial charge in [-0.15, -0.1) is 0 Å². The molecule has 0 aliphatic heterocycles. The third kappa shape index (κ3) is 1.99. The van der Waals surface area contributed by atoms with E-state index in [-0.39, 0.29) is 5.56 Å². The zero-order valence-corrected chi connectivity index (χ0v) is 10.7. The van der Waals surface area contributed by atoms with Gasteiger partial charge in [-0.1, -0.05) is 0 Å². The second-order valence-electron chi connectivity index (χ2n) is 4.33. The Labute approximate surface area is 109 Å². The van der Waals surface area contributed by atoms with Gasteiger partial charge in [-0.3, -0.25) is 9.89 Å². The van der Waals surface area contributed by atoms with Crippen LogP contribution in [-0.2, 0) is 0 Å². The van der Waals surface area contributed by atoms with E-state index in [2.05, 4.69) is 10.1 Å². The normalized spacial score (nSPS) is 10.8. The molecule has 0 saturated heterocycles. The van der Waals surface area contributed by atoms with E-state index in [0.29, 0.717) is 11.3 Å². The van der Waals surface area contributed by atoms with Gasteiger partial charge in [0.1, 0.15) is 5.75 Å². The van der Waals surface area contributed by atoms with Gasteiger partial charge in [0.25, 0.3) is 5.56 Å². The van der Waals surface area contributed by atoms with E-state index in [4.69, 9.17) is 4.74 Å². The number of nitrogens with zero attached hydrogens (tertiary/aromatic N) is 2. The number of hydrogen-bond acceptors (Lipinski definition) is 3. The highest BCUT2D eigenvalue weighted by Gasteiger charge is 2.06. The maximum absolute atomic E-state index is 11.8. The number of ether oxygens (including phenoxy) is 1. The number of H-pyrrole nitrogens is 1. The average Bonchev–Trinajstić information content (AvgIpc) is 2.83. The Balaban J connectivity index is 2.14. The summed E-state index contributed by atoms with van der Waals surface area (Å²) in [5, 5.41) is 3.05. The van der Waals surface area contributed by atoms with E-state index in [1.807, 2.05) is 30.3 Å². The van der Waals surface area contributed by atoms with E-state index in [0.717, 1.165) is 17.0 Å². The van der Waals surface area contributed by atoms with Gasteiger partial charge in [-0.05, 0) is 36.8 Å². The molecule has 3 rings (SSSR count). The van der Waals surface area contributed by atoms with Gasteiger partial charge in [0.05, 0.1) is 12.8 Å². The molecule has 3 aromatic rings. The summed E-state index contributed by atoms with van der Waals surface area (Å²) in [5.74, 6) is 0.797. The molecular weight excluding hydrogens is 242 g/mol. The van der Waals surface area contributed by atoms with Gasteiger partial charge < -0.3 is 4.74 Å². The molecule has 96 valence electrons. The highest BCUT2D eigenvalue weighted by Crippen LogP contribution is 2.21. The van der Waals surface area contributed by atoms with Crippen molar-refractivity contribution >= 4 is 5.65 Å². The minimum absolute atomic E-state index is 0.109. The molecule has 0 unspecified atom stereocenters. The molecular formula is C14H13N3O2. The summed E-state index contributed by atoms with van der Waals surface area (Å²) in [5.41, 5.74) is 3.05. The number of hydrogen-bond donors (Lipinski definition) is 1. The third-order valence-electron chi connectivity index (χ3n) is 2.98. The van der Waals surface area contributed by atoms with Crippen molar-refractivity contribution in [3.63, 3.8) is 0 Å². The molecule has 0 spiro atoms. The van der Waals surface area contributed by atoms with Crippen molar-refractivity contribution in [1.29, 1.82) is 0 Å². The van der Waals surface area contributed by atoms with Crippen LogP contribution in [0.4, 0.5) is 0 Å². The summed E-state index contributed by atoms with van der Waals surface area (Å²) in [4.78, 5) is 16.1. The standard InChI is InChI=1S/C14H13N3O2/c1-9-7-14(18)17-13(15-9)8-12(16-17)10-3-5-11(19-2)6-4-10/h3-8,16H,1-2H3. The van der Waals surface area contributed by atoms with Gasteiger partial charge in [0.15, 0.2) is 5.65 Å². The Kier molecular flexibility index (Phi) is 2.59. The summed E-state index contributed by atoms with van der Waals surface area (Å²) in [6, 6.07) is 11.0. The molecule has 0 amide bonds. The van der Waals surface area contributed by atoms with Crippen LogP contribution in [-0.4, -0.2) is 21.7 Å². The summed E-state index contributed by atoms with van der Waals surface area (Å²) in [7, 11) is 1.63. The number of nitrogens with one attached hydrogen (secondary N) is 1. The van der Waals surface area contributed by atoms with Crippen LogP contribution >= 0.6 is 0 Å². The van der Waals surface area contributed by atoms with Crippen molar-refractivity contribution in [2.24, 2.45) is 0 Å². The predicted molar refractivity (Wildman–Crippen MR) is 72.5 cm³/mol. The lowest BCUT2D eigenvalue weighted by molar-refractivity contribution is 0.415. The Bertz CT molecular complexity index is 785. The van der Waals surface area contributed by atoms with Crippen LogP contribution in [0, 0.1) is 6.92 Å². The first-order valence-electron chi connectivity index (χ1n) is 5.91. The topological polar surface area (TPSA) is 59.4 Å². The van der Waals surface area contributed by atoms with Crippen molar-refractivity contribution < 1.29 is 4.74 Å². The van der Waals surface area contributed by atoms with E-state index in [1.54, 1.807) is 14.0 Å². The molecule has 0 aliphatic rings. The molecule has 1 N–H and O–H groups in total. The Hall–Kier alpha value is -2.56. The number of benzene rings is 1. The van der Waals surface area contributed by atoms with Crippen molar-refractivity contribution in [3.05, 3.63) is 52.4 Å². The molecule has 0 atom stereocenters. The minimum Gasteiger partial charge on any atom is -0.497 e. The molecule has 1 aromatic carbocycles. The average molecular weight is 255 g/mol. The van der Waals surface area contributed by atoms with Crippen molar-refractivity contribution in [3.8, 4) is 17.0 Å². The molecule has 5 nitrogen and oxygen atoms in total. The smallest absolute Gasteiger partial charge is 0.272 e. The van der Waals surface area contributed by atoms with Crippen molar-refractivity contribution in [1.82, 2.24) is 14.6 Å². The molecule has 2 heterocycles. The molecule has 0 aliphatic carbocycles. The molecule has 0 bridgehead atoms. The lowest BCUT2D eigenvalue weighted by atomic mass is 10.1. The number of methoxy groups -OCH3 is 1. The van der Waals surface area contributed by atoms with Crippen molar-refractivity contribution in [2.75, 3.05) is 7.11 Å². The fourth-order valence-electron chi connectivity index (χ4n) is 2.03. The summed E-state index contributed by atoms with van der Waals surface area (Å²) >= 11 is 0. The number of aromatic amines is 1. The van der Waals surface area contributed by atoms with Crippen molar-refractivity contribution in [2.45, 2.75) is 6.92 Å². The van der Waals surface area contributed by atoms with Gasteiger partial charge in [0, 0.05) is 17.8 Å².